The van der Waals surface area contributed by atoms with Crippen LogP contribution in [0.2, 0.25) is 0 Å². The van der Waals surface area contributed by atoms with Gasteiger partial charge in [0.2, 0.25) is 0 Å². The first-order chi connectivity index (χ1) is 25.1. The summed E-state index contributed by atoms with van der Waals surface area (Å²) in [6.07, 6.45) is 28.8. The maximum Gasteiger partial charge on any atom is 0.397 e. The van der Waals surface area contributed by atoms with E-state index in [2.05, 4.69) is 47.6 Å². The van der Waals surface area contributed by atoms with Gasteiger partial charge in [0.15, 0.2) is 6.29 Å². The van der Waals surface area contributed by atoms with E-state index in [0.717, 1.165) is 32.1 Å². The van der Waals surface area contributed by atoms with Crippen molar-refractivity contribution in [3.63, 3.8) is 0 Å². The Morgan fingerprint density at radius 3 is 1.73 bits per heavy atom. The van der Waals surface area contributed by atoms with E-state index >= 15 is 0 Å². The fourth-order valence-corrected chi connectivity index (χ4v) is 6.42. The molecule has 6 unspecified atom stereocenters. The van der Waals surface area contributed by atoms with Crippen molar-refractivity contribution >= 4 is 16.4 Å². The highest BCUT2D eigenvalue weighted by Gasteiger charge is 2.48. The molecule has 0 aromatic carbocycles. The fraction of sp³-hybridized carbons (Fsp3) is 0.821. The molecule has 1 rings (SSSR count). The molecule has 0 amide bonds. The Morgan fingerprint density at radius 1 is 0.731 bits per heavy atom. The Balaban J connectivity index is 2.04. The van der Waals surface area contributed by atoms with Crippen LogP contribution in [0.4, 0.5) is 0 Å². The third-order valence-electron chi connectivity index (χ3n) is 8.82. The first kappa shape index (κ1) is 48.3. The number of aliphatic hydroxyl groups excluding tert-OH is 3. The molecule has 0 saturated carbocycles. The molecule has 12 nitrogen and oxygen atoms in total. The van der Waals surface area contributed by atoms with Gasteiger partial charge in [0.1, 0.15) is 30.5 Å². The number of hydrogen-bond acceptors (Lipinski definition) is 11. The summed E-state index contributed by atoms with van der Waals surface area (Å²) in [6.45, 7) is 2.93. The van der Waals surface area contributed by atoms with E-state index in [4.69, 9.17) is 23.5 Å². The smallest absolute Gasteiger partial charge is 0.397 e. The number of allylic oxidation sites excluding steroid dienone is 6. The van der Waals surface area contributed by atoms with Crippen molar-refractivity contribution in [1.29, 1.82) is 0 Å². The van der Waals surface area contributed by atoms with Crippen LogP contribution in [0.25, 0.3) is 0 Å². The first-order valence-corrected chi connectivity index (χ1v) is 21.0. The summed E-state index contributed by atoms with van der Waals surface area (Å²) < 4.78 is 57.4. The van der Waals surface area contributed by atoms with Crippen molar-refractivity contribution in [2.75, 3.05) is 26.4 Å². The Bertz CT molecular complexity index is 1060. The maximum absolute atomic E-state index is 11.6. The molecular formula is C39H70O12S. The van der Waals surface area contributed by atoms with Crippen molar-refractivity contribution in [3.8, 4) is 0 Å². The summed E-state index contributed by atoms with van der Waals surface area (Å²) in [6, 6.07) is 0. The number of rotatable bonds is 33. The monoisotopic (exact) mass is 762 g/mol. The van der Waals surface area contributed by atoms with Crippen molar-refractivity contribution in [2.45, 2.75) is 179 Å². The van der Waals surface area contributed by atoms with E-state index < -0.39 is 59.8 Å². The first-order valence-electron chi connectivity index (χ1n) is 19.7. The van der Waals surface area contributed by atoms with Crippen molar-refractivity contribution in [1.82, 2.24) is 0 Å². The molecule has 1 saturated heterocycles. The number of carbonyl (C=O) groups is 1. The summed E-state index contributed by atoms with van der Waals surface area (Å²) in [5.41, 5.74) is 0. The second-order valence-corrected chi connectivity index (χ2v) is 14.6. The number of hydrogen-bond donors (Lipinski definition) is 4. The van der Waals surface area contributed by atoms with Crippen LogP contribution in [0, 0.1) is 0 Å². The number of carbonyl (C=O) groups excluding carboxylic acids is 1. The van der Waals surface area contributed by atoms with Gasteiger partial charge in [-0.2, -0.15) is 8.42 Å². The maximum atomic E-state index is 11.6. The Hall–Kier alpha value is -1.68. The average Bonchev–Trinajstić information content (AvgIpc) is 3.10. The minimum absolute atomic E-state index is 0.0183. The van der Waals surface area contributed by atoms with E-state index in [1.165, 1.54) is 103 Å². The summed E-state index contributed by atoms with van der Waals surface area (Å²) in [7, 11) is -5.04. The van der Waals surface area contributed by atoms with Crippen LogP contribution >= 0.6 is 0 Å². The van der Waals surface area contributed by atoms with Crippen LogP contribution in [-0.2, 0) is 38.3 Å². The van der Waals surface area contributed by atoms with Crippen molar-refractivity contribution in [2.24, 2.45) is 0 Å². The molecule has 52 heavy (non-hydrogen) atoms. The normalized spacial score (nSPS) is 21.8. The molecule has 1 aliphatic rings. The van der Waals surface area contributed by atoms with Crippen LogP contribution in [-0.4, -0.2) is 97.5 Å². The van der Waals surface area contributed by atoms with Crippen molar-refractivity contribution in [3.05, 3.63) is 36.5 Å². The molecule has 6 atom stereocenters. The van der Waals surface area contributed by atoms with Gasteiger partial charge in [-0.25, -0.2) is 4.18 Å². The van der Waals surface area contributed by atoms with Gasteiger partial charge in [0.25, 0.3) is 0 Å². The molecule has 13 heteroatoms. The van der Waals surface area contributed by atoms with Crippen LogP contribution in [0.15, 0.2) is 36.5 Å². The molecule has 1 fully saturated rings. The van der Waals surface area contributed by atoms with Gasteiger partial charge in [-0.05, 0) is 44.9 Å². The largest absolute Gasteiger partial charge is 0.458 e. The molecule has 0 bridgehead atoms. The highest BCUT2D eigenvalue weighted by Crippen LogP contribution is 2.26. The second-order valence-electron chi connectivity index (χ2n) is 13.6. The van der Waals surface area contributed by atoms with Crippen LogP contribution in [0.5, 0.6) is 0 Å². The highest BCUT2D eigenvalue weighted by atomic mass is 32.3. The SMILES string of the molecule is CCCCCCC/C=C\C/C=C\C/C=C\CCCCCCCCCCCCCOCC(COC1OC(CO)C(O)C(OS(=O)(=O)O)C1O)OC(C)=O. The number of aliphatic hydroxyl groups is 3. The molecule has 0 aromatic rings. The molecule has 0 aliphatic carbocycles. The molecule has 1 heterocycles. The summed E-state index contributed by atoms with van der Waals surface area (Å²) in [4.78, 5) is 11.6. The summed E-state index contributed by atoms with van der Waals surface area (Å²) in [5, 5.41) is 30.0. The van der Waals surface area contributed by atoms with Gasteiger partial charge in [-0.15, -0.1) is 0 Å². The van der Waals surface area contributed by atoms with Gasteiger partial charge >= 0.3 is 16.4 Å². The van der Waals surface area contributed by atoms with E-state index in [0.29, 0.717) is 6.61 Å². The van der Waals surface area contributed by atoms with Crippen LogP contribution in [0.1, 0.15) is 142 Å². The third-order valence-corrected chi connectivity index (χ3v) is 9.28. The lowest BCUT2D eigenvalue weighted by Gasteiger charge is -2.41. The van der Waals surface area contributed by atoms with Crippen molar-refractivity contribution < 1.29 is 56.2 Å². The van der Waals surface area contributed by atoms with E-state index in [-0.39, 0.29) is 13.2 Å². The Labute approximate surface area is 313 Å². The number of esters is 1. The van der Waals surface area contributed by atoms with Gasteiger partial charge in [0, 0.05) is 13.5 Å². The van der Waals surface area contributed by atoms with Crippen LogP contribution in [0.3, 0.4) is 0 Å². The summed E-state index contributed by atoms with van der Waals surface area (Å²) >= 11 is 0. The second kappa shape index (κ2) is 31.6. The molecule has 304 valence electrons. The Kier molecular flexibility index (Phi) is 29.4. The number of ether oxygens (including phenoxy) is 4. The molecule has 1 aliphatic heterocycles. The van der Waals surface area contributed by atoms with Gasteiger partial charge in [-0.3, -0.25) is 9.35 Å². The zero-order valence-corrected chi connectivity index (χ0v) is 32.7. The van der Waals surface area contributed by atoms with E-state index in [1.54, 1.807) is 0 Å². The zero-order chi connectivity index (χ0) is 38.3. The average molecular weight is 763 g/mol. The standard InChI is InChI=1S/C39H70O12S/c1-3-4-5-6-7-8-9-10-11-12-13-14-15-16-17-18-19-20-21-22-23-24-25-26-27-28-29-47-31-34(49-33(2)41)32-48-39-37(43)38(51-52(44,45)46)36(42)35(30-40)50-39/h9-10,12-13,15-16,34-40,42-43H,3-8,11,14,17-32H2,1-2H3,(H,44,45,46)/b10-9-,13-12-,16-15-. The molecule has 4 N–H and O–H groups in total. The zero-order valence-electron chi connectivity index (χ0n) is 31.9. The fourth-order valence-electron chi connectivity index (χ4n) is 5.91. The van der Waals surface area contributed by atoms with E-state index in [9.17, 15) is 28.5 Å². The minimum Gasteiger partial charge on any atom is -0.458 e. The van der Waals surface area contributed by atoms with Crippen LogP contribution < -0.4 is 0 Å². The quantitative estimate of drug-likeness (QED) is 0.0232. The minimum atomic E-state index is -5.04. The van der Waals surface area contributed by atoms with Gasteiger partial charge in [-0.1, -0.05) is 127 Å². The Morgan fingerprint density at radius 2 is 1.23 bits per heavy atom. The van der Waals surface area contributed by atoms with Gasteiger partial charge in [0.05, 0.1) is 19.8 Å². The topological polar surface area (TPSA) is 178 Å². The predicted molar refractivity (Wildman–Crippen MR) is 202 cm³/mol. The van der Waals surface area contributed by atoms with E-state index in [1.807, 2.05) is 0 Å². The third kappa shape index (κ3) is 26.2. The lowest BCUT2D eigenvalue weighted by atomic mass is 9.99. The predicted octanol–water partition coefficient (Wildman–Crippen LogP) is 7.07. The summed E-state index contributed by atoms with van der Waals surface area (Å²) in [5.74, 6) is -0.577. The molecule has 0 radical (unpaired) electrons. The molecule has 0 aromatic heterocycles. The highest BCUT2D eigenvalue weighted by molar-refractivity contribution is 7.80. The lowest BCUT2D eigenvalue weighted by Crippen LogP contribution is -2.60. The van der Waals surface area contributed by atoms with Gasteiger partial charge < -0.3 is 34.3 Å². The molecular weight excluding hydrogens is 692 g/mol. The number of unbranched alkanes of at least 4 members (excludes halogenated alkanes) is 16. The molecule has 0 spiro atoms. The lowest BCUT2D eigenvalue weighted by molar-refractivity contribution is -0.301.